The first-order valence-corrected chi connectivity index (χ1v) is 10.1. The number of aryl methyl sites for hydroxylation is 1. The zero-order valence-corrected chi connectivity index (χ0v) is 16.7. The summed E-state index contributed by atoms with van der Waals surface area (Å²) in [6, 6.07) is 1.96. The second-order valence-electron chi connectivity index (χ2n) is 7.94. The van der Waals surface area contributed by atoms with E-state index >= 15 is 0 Å². The number of fused-ring (bicyclic) bond motifs is 2. The smallest absolute Gasteiger partial charge is 0.410 e. The lowest BCUT2D eigenvalue weighted by Crippen LogP contribution is -2.41. The third-order valence-corrected chi connectivity index (χ3v) is 5.94. The van der Waals surface area contributed by atoms with Gasteiger partial charge in [-0.3, -0.25) is 9.48 Å². The number of hydrogen-bond acceptors (Lipinski definition) is 5. The van der Waals surface area contributed by atoms with Crippen molar-refractivity contribution in [3.05, 3.63) is 28.4 Å². The molecule has 0 aliphatic carbocycles. The van der Waals surface area contributed by atoms with Crippen LogP contribution in [-0.4, -0.2) is 45.4 Å². The number of hydrogen-bond donors (Lipinski definition) is 1. The van der Waals surface area contributed by atoms with E-state index in [-0.39, 0.29) is 12.0 Å². The summed E-state index contributed by atoms with van der Waals surface area (Å²) in [5.74, 6) is 0.00131. The lowest BCUT2D eigenvalue weighted by molar-refractivity contribution is 0.0195. The number of rotatable bonds is 1. The van der Waals surface area contributed by atoms with Crippen molar-refractivity contribution in [3.63, 3.8) is 0 Å². The van der Waals surface area contributed by atoms with E-state index in [1.165, 1.54) is 0 Å². The minimum atomic E-state index is -0.518. The van der Waals surface area contributed by atoms with E-state index in [0.29, 0.717) is 19.6 Å². The van der Waals surface area contributed by atoms with Crippen LogP contribution in [0.25, 0.3) is 10.4 Å². The normalized spacial score (nSPS) is 17.0. The number of carbonyl (C=O) groups excluding carboxylic acids is 2. The molecule has 0 radical (unpaired) electrons. The Morgan fingerprint density at radius 2 is 2.11 bits per heavy atom. The van der Waals surface area contributed by atoms with Gasteiger partial charge in [-0.25, -0.2) is 4.79 Å². The lowest BCUT2D eigenvalue weighted by atomic mass is 10.1. The van der Waals surface area contributed by atoms with Crippen LogP contribution in [-0.2, 0) is 24.2 Å². The molecule has 27 heavy (non-hydrogen) atoms. The molecule has 2 aliphatic heterocycles. The van der Waals surface area contributed by atoms with Gasteiger partial charge in [0.2, 0.25) is 0 Å². The van der Waals surface area contributed by atoms with Gasteiger partial charge < -0.3 is 15.0 Å². The van der Waals surface area contributed by atoms with Crippen molar-refractivity contribution in [1.29, 1.82) is 0 Å². The fourth-order valence-electron chi connectivity index (χ4n) is 3.42. The van der Waals surface area contributed by atoms with E-state index in [4.69, 9.17) is 4.74 Å². The molecular formula is C19H24N4O3S. The molecule has 4 rings (SSSR count). The van der Waals surface area contributed by atoms with Crippen molar-refractivity contribution < 1.29 is 14.3 Å². The molecule has 144 valence electrons. The Balaban J connectivity index is 1.61. The molecule has 0 aromatic carbocycles. The summed E-state index contributed by atoms with van der Waals surface area (Å²) >= 11 is 1.65. The standard InChI is InChI=1S/C19H24N4O3S/c1-19(2,3)26-18(25)22-7-8-23-14(11-22)13(10-21-23)16-9-12-15(27-16)5-4-6-20-17(12)24/h9-10H,4-8,11H2,1-3H3,(H,20,24). The number of carbonyl (C=O) groups is 2. The topological polar surface area (TPSA) is 76.5 Å². The maximum atomic E-state index is 12.5. The molecule has 0 saturated heterocycles. The number of aromatic nitrogens is 2. The van der Waals surface area contributed by atoms with Crippen molar-refractivity contribution in [2.75, 3.05) is 13.1 Å². The number of nitrogens with zero attached hydrogens (tertiary/aromatic N) is 3. The van der Waals surface area contributed by atoms with Gasteiger partial charge >= 0.3 is 6.09 Å². The van der Waals surface area contributed by atoms with Crippen LogP contribution >= 0.6 is 11.3 Å². The average molecular weight is 388 g/mol. The maximum Gasteiger partial charge on any atom is 0.410 e. The van der Waals surface area contributed by atoms with Crippen LogP contribution in [0.5, 0.6) is 0 Å². The highest BCUT2D eigenvalue weighted by Crippen LogP contribution is 2.36. The summed E-state index contributed by atoms with van der Waals surface area (Å²) in [7, 11) is 0. The number of thiophene rings is 1. The number of nitrogens with one attached hydrogen (secondary N) is 1. The van der Waals surface area contributed by atoms with Crippen molar-refractivity contribution in [3.8, 4) is 10.4 Å². The first kappa shape index (κ1) is 18.0. The highest BCUT2D eigenvalue weighted by Gasteiger charge is 2.29. The predicted octanol–water partition coefficient (Wildman–Crippen LogP) is 3.04. The average Bonchev–Trinajstić information content (AvgIpc) is 3.16. The maximum absolute atomic E-state index is 12.5. The zero-order valence-electron chi connectivity index (χ0n) is 15.9. The van der Waals surface area contributed by atoms with Gasteiger partial charge in [-0.05, 0) is 39.7 Å². The minimum absolute atomic E-state index is 0.00131. The van der Waals surface area contributed by atoms with Crippen LogP contribution in [0.4, 0.5) is 4.79 Å². The van der Waals surface area contributed by atoms with Crippen molar-refractivity contribution in [1.82, 2.24) is 20.0 Å². The van der Waals surface area contributed by atoms with Crippen LogP contribution < -0.4 is 5.32 Å². The van der Waals surface area contributed by atoms with Crippen LogP contribution in [0, 0.1) is 0 Å². The third kappa shape index (κ3) is 3.58. The molecule has 1 N–H and O–H groups in total. The van der Waals surface area contributed by atoms with Gasteiger partial charge in [0.05, 0.1) is 30.5 Å². The summed E-state index contributed by atoms with van der Waals surface area (Å²) in [6.07, 6.45) is 3.41. The molecule has 0 saturated carbocycles. The number of amides is 2. The van der Waals surface area contributed by atoms with Gasteiger partial charge in [0.1, 0.15) is 5.60 Å². The minimum Gasteiger partial charge on any atom is -0.444 e. The van der Waals surface area contributed by atoms with Gasteiger partial charge in [-0.2, -0.15) is 5.10 Å². The van der Waals surface area contributed by atoms with E-state index in [9.17, 15) is 9.59 Å². The van der Waals surface area contributed by atoms with Crippen LogP contribution in [0.15, 0.2) is 12.3 Å². The van der Waals surface area contributed by atoms with E-state index in [2.05, 4.69) is 10.4 Å². The first-order chi connectivity index (χ1) is 12.8. The van der Waals surface area contributed by atoms with Crippen LogP contribution in [0.2, 0.25) is 0 Å². The molecule has 2 aliphatic rings. The monoisotopic (exact) mass is 388 g/mol. The zero-order chi connectivity index (χ0) is 19.2. The summed E-state index contributed by atoms with van der Waals surface area (Å²) in [5.41, 5.74) is 2.24. The molecule has 0 spiro atoms. The van der Waals surface area contributed by atoms with Gasteiger partial charge in [0, 0.05) is 28.4 Å². The van der Waals surface area contributed by atoms with Crippen molar-refractivity contribution >= 4 is 23.3 Å². The highest BCUT2D eigenvalue weighted by atomic mass is 32.1. The van der Waals surface area contributed by atoms with Crippen molar-refractivity contribution in [2.24, 2.45) is 0 Å². The fourth-order valence-corrected chi connectivity index (χ4v) is 4.65. The Labute approximate surface area is 162 Å². The Morgan fingerprint density at radius 3 is 2.89 bits per heavy atom. The molecule has 2 aromatic rings. The van der Waals surface area contributed by atoms with Gasteiger partial charge in [0.25, 0.3) is 5.91 Å². The summed E-state index contributed by atoms with van der Waals surface area (Å²) in [4.78, 5) is 28.6. The third-order valence-electron chi connectivity index (χ3n) is 4.71. The summed E-state index contributed by atoms with van der Waals surface area (Å²) in [5, 5.41) is 7.43. The van der Waals surface area contributed by atoms with E-state index in [1.54, 1.807) is 16.2 Å². The van der Waals surface area contributed by atoms with Crippen LogP contribution in [0.1, 0.15) is 48.1 Å². The van der Waals surface area contributed by atoms with E-state index < -0.39 is 5.60 Å². The molecule has 2 aromatic heterocycles. The molecule has 0 unspecified atom stereocenters. The first-order valence-electron chi connectivity index (χ1n) is 9.26. The molecular weight excluding hydrogens is 364 g/mol. The Bertz CT molecular complexity index is 893. The molecule has 4 heterocycles. The fraction of sp³-hybridized carbons (Fsp3) is 0.526. The molecule has 8 heteroatoms. The molecule has 7 nitrogen and oxygen atoms in total. The SMILES string of the molecule is CC(C)(C)OC(=O)N1CCn2ncc(-c3cc4c(s3)CCCNC4=O)c2C1. The predicted molar refractivity (Wildman–Crippen MR) is 103 cm³/mol. The Kier molecular flexibility index (Phi) is 4.46. The van der Waals surface area contributed by atoms with E-state index in [0.717, 1.165) is 46.0 Å². The molecule has 2 amide bonds. The second kappa shape index (κ2) is 6.67. The quantitative estimate of drug-likeness (QED) is 0.815. The lowest BCUT2D eigenvalue weighted by Gasteiger charge is -2.30. The Hall–Kier alpha value is -2.35. The van der Waals surface area contributed by atoms with Gasteiger partial charge in [0.15, 0.2) is 0 Å². The van der Waals surface area contributed by atoms with E-state index in [1.807, 2.05) is 37.7 Å². The summed E-state index contributed by atoms with van der Waals surface area (Å²) in [6.45, 7) is 8.01. The second-order valence-corrected chi connectivity index (χ2v) is 9.07. The molecule has 0 bridgehead atoms. The largest absolute Gasteiger partial charge is 0.444 e. The summed E-state index contributed by atoms with van der Waals surface area (Å²) < 4.78 is 7.46. The Morgan fingerprint density at radius 1 is 1.30 bits per heavy atom. The van der Waals surface area contributed by atoms with Gasteiger partial charge in [-0.1, -0.05) is 0 Å². The molecule has 0 atom stereocenters. The van der Waals surface area contributed by atoms with Gasteiger partial charge in [-0.15, -0.1) is 11.3 Å². The number of ether oxygens (including phenoxy) is 1. The van der Waals surface area contributed by atoms with Crippen molar-refractivity contribution in [2.45, 2.75) is 52.3 Å². The molecule has 0 fully saturated rings. The highest BCUT2D eigenvalue weighted by molar-refractivity contribution is 7.15. The van der Waals surface area contributed by atoms with Crippen LogP contribution in [0.3, 0.4) is 0 Å².